The maximum Gasteiger partial charge on any atom is 0.300 e. The van der Waals surface area contributed by atoms with Crippen LogP contribution in [0.1, 0.15) is 24.2 Å². The Bertz CT molecular complexity index is 569. The van der Waals surface area contributed by atoms with Gasteiger partial charge in [0, 0.05) is 0 Å². The summed E-state index contributed by atoms with van der Waals surface area (Å²) in [4.78, 5) is 22.3. The molecule has 0 spiro atoms. The lowest BCUT2D eigenvalue weighted by Crippen LogP contribution is -2.26. The molecule has 8 heteroatoms. The first-order chi connectivity index (χ1) is 9.34. The molecule has 1 N–H and O–H groups in total. The predicted molar refractivity (Wildman–Crippen MR) is 79.1 cm³/mol. The van der Waals surface area contributed by atoms with Crippen molar-refractivity contribution in [1.82, 2.24) is 5.32 Å². The van der Waals surface area contributed by atoms with Crippen LogP contribution in [0.5, 0.6) is 0 Å². The van der Waals surface area contributed by atoms with Crippen molar-refractivity contribution in [2.24, 2.45) is 0 Å². The van der Waals surface area contributed by atoms with Gasteiger partial charge in [-0.05, 0) is 24.5 Å². The molecule has 0 aromatic heterocycles. The van der Waals surface area contributed by atoms with Crippen molar-refractivity contribution >= 4 is 30.3 Å². The summed E-state index contributed by atoms with van der Waals surface area (Å²) in [6.07, 6.45) is 0.978. The van der Waals surface area contributed by atoms with E-state index >= 15 is 0 Å². The molecule has 1 rings (SSSR count). The molecule has 6 nitrogen and oxygen atoms in total. The number of carbonyl (C=O) groups excluding carboxylic acids is 1. The number of nitro benzene ring substituents is 1. The molecule has 0 saturated heterocycles. The maximum atomic E-state index is 12.2. The quantitative estimate of drug-likeness (QED) is 0.495. The van der Waals surface area contributed by atoms with Crippen molar-refractivity contribution in [3.05, 3.63) is 38.9 Å². The van der Waals surface area contributed by atoms with Gasteiger partial charge in [-0.3, -0.25) is 14.9 Å². The highest BCUT2D eigenvalue weighted by Gasteiger charge is 2.25. The van der Waals surface area contributed by atoms with Gasteiger partial charge in [0.2, 0.25) is 0 Å². The van der Waals surface area contributed by atoms with Gasteiger partial charge in [0.15, 0.2) is 0 Å². The fourth-order valence-corrected chi connectivity index (χ4v) is 3.21. The van der Waals surface area contributed by atoms with Crippen molar-refractivity contribution in [2.45, 2.75) is 13.8 Å². The smallest absolute Gasteiger partial charge is 0.300 e. The lowest BCUT2D eigenvalue weighted by molar-refractivity contribution is -0.385. The molecule has 20 heavy (non-hydrogen) atoms. The van der Waals surface area contributed by atoms with Crippen LogP contribution in [-0.4, -0.2) is 29.4 Å². The molecule has 0 atom stereocenters. The summed E-state index contributed by atoms with van der Waals surface area (Å²) in [6.45, 7) is 3.58. The molecular formula is C12H16ClN2O4P. The molecule has 0 bridgehead atoms. The molecular weight excluding hydrogens is 303 g/mol. The van der Waals surface area contributed by atoms with Gasteiger partial charge in [0.05, 0.1) is 11.2 Å². The molecule has 0 aliphatic heterocycles. The van der Waals surface area contributed by atoms with Gasteiger partial charge in [0.1, 0.15) is 17.7 Å². The van der Waals surface area contributed by atoms with Crippen LogP contribution in [-0.2, 0) is 4.57 Å². The highest BCUT2D eigenvalue weighted by atomic mass is 35.5. The highest BCUT2D eigenvalue weighted by molar-refractivity contribution is 7.63. The Morgan fingerprint density at radius 3 is 2.50 bits per heavy atom. The summed E-state index contributed by atoms with van der Waals surface area (Å²) >= 11 is 5.74. The molecule has 1 amide bonds. The average molecular weight is 319 g/mol. The summed E-state index contributed by atoms with van der Waals surface area (Å²) in [5.41, 5.74) is -0.559. The Kier molecular flexibility index (Phi) is 5.72. The third kappa shape index (κ3) is 3.81. The maximum absolute atomic E-state index is 12.2. The van der Waals surface area contributed by atoms with Crippen LogP contribution >= 0.6 is 18.7 Å². The number of halogens is 1. The third-order valence-corrected chi connectivity index (χ3v) is 6.44. The summed E-state index contributed by atoms with van der Waals surface area (Å²) in [5.74, 6) is -0.638. The standard InChI is InChI=1S/C12H16ClN2O4P/c1-3-20(19,4-2)8-14-12(16)9-6-5-7-10(13)11(9)15(17)18/h5-7H,3-4,8H2,1-2H3,(H,14,16). The Morgan fingerprint density at radius 1 is 1.40 bits per heavy atom. The monoisotopic (exact) mass is 318 g/mol. The number of para-hydroxylation sites is 1. The third-order valence-electron chi connectivity index (χ3n) is 3.09. The molecule has 0 radical (unpaired) electrons. The predicted octanol–water partition coefficient (Wildman–Crippen LogP) is 3.34. The van der Waals surface area contributed by atoms with Crippen molar-refractivity contribution in [3.8, 4) is 0 Å². The van der Waals surface area contributed by atoms with E-state index in [-0.39, 0.29) is 16.9 Å². The molecule has 0 aliphatic carbocycles. The fraction of sp³-hybridized carbons (Fsp3) is 0.417. The second-order valence-corrected chi connectivity index (χ2v) is 8.35. The van der Waals surface area contributed by atoms with Gasteiger partial charge in [-0.15, -0.1) is 0 Å². The van der Waals surface area contributed by atoms with Crippen LogP contribution in [0.15, 0.2) is 18.2 Å². The van der Waals surface area contributed by atoms with Crippen LogP contribution in [0.2, 0.25) is 5.02 Å². The summed E-state index contributed by atoms with van der Waals surface area (Å²) in [5, 5.41) is 13.3. The first-order valence-electron chi connectivity index (χ1n) is 6.12. The van der Waals surface area contributed by atoms with Gasteiger partial charge in [-0.25, -0.2) is 0 Å². The van der Waals surface area contributed by atoms with Crippen LogP contribution in [0.4, 0.5) is 5.69 Å². The first kappa shape index (κ1) is 16.7. The Morgan fingerprint density at radius 2 is 2.00 bits per heavy atom. The van der Waals surface area contributed by atoms with E-state index in [2.05, 4.69) is 5.32 Å². The molecule has 110 valence electrons. The molecule has 0 unspecified atom stereocenters. The zero-order valence-corrected chi connectivity index (χ0v) is 12.9. The SMILES string of the molecule is CCP(=O)(CC)CNC(=O)c1cccc(Cl)c1[N+](=O)[O-]. The number of nitrogens with one attached hydrogen (secondary N) is 1. The van der Waals surface area contributed by atoms with Crippen molar-refractivity contribution < 1.29 is 14.3 Å². The second-order valence-electron chi connectivity index (χ2n) is 4.25. The van der Waals surface area contributed by atoms with Gasteiger partial charge >= 0.3 is 5.69 Å². The van der Waals surface area contributed by atoms with Gasteiger partial charge < -0.3 is 9.88 Å². The van der Waals surface area contributed by atoms with Crippen LogP contribution in [0.25, 0.3) is 0 Å². The highest BCUT2D eigenvalue weighted by Crippen LogP contribution is 2.43. The van der Waals surface area contributed by atoms with Crippen LogP contribution in [0, 0.1) is 10.1 Å². The van der Waals surface area contributed by atoms with E-state index in [1.165, 1.54) is 18.2 Å². The van der Waals surface area contributed by atoms with E-state index in [9.17, 15) is 19.5 Å². The largest absolute Gasteiger partial charge is 0.345 e. The number of amides is 1. The number of benzene rings is 1. The van der Waals surface area contributed by atoms with E-state index in [4.69, 9.17) is 11.6 Å². The van der Waals surface area contributed by atoms with E-state index in [1.54, 1.807) is 13.8 Å². The summed E-state index contributed by atoms with van der Waals surface area (Å²) in [7, 11) is -2.44. The average Bonchev–Trinajstić information content (AvgIpc) is 2.43. The molecule has 0 saturated carbocycles. The second kappa shape index (κ2) is 6.86. The minimum Gasteiger partial charge on any atom is -0.345 e. The van der Waals surface area contributed by atoms with Crippen molar-refractivity contribution in [2.75, 3.05) is 18.6 Å². The van der Waals surface area contributed by atoms with Crippen LogP contribution in [0.3, 0.4) is 0 Å². The van der Waals surface area contributed by atoms with E-state index in [1.807, 2.05) is 0 Å². The number of carbonyl (C=O) groups is 1. The fourth-order valence-electron chi connectivity index (χ4n) is 1.64. The summed E-state index contributed by atoms with van der Waals surface area (Å²) < 4.78 is 12.2. The lowest BCUT2D eigenvalue weighted by atomic mass is 10.1. The number of nitrogens with zero attached hydrogens (tertiary/aromatic N) is 1. The van der Waals surface area contributed by atoms with E-state index < -0.39 is 23.7 Å². The van der Waals surface area contributed by atoms with Gasteiger partial charge in [0.25, 0.3) is 5.91 Å². The molecule has 1 aromatic rings. The topological polar surface area (TPSA) is 89.3 Å². The summed E-state index contributed by atoms with van der Waals surface area (Å²) in [6, 6.07) is 4.13. The normalized spacial score (nSPS) is 11.2. The molecule has 0 fully saturated rings. The van der Waals surface area contributed by atoms with Crippen LogP contribution < -0.4 is 5.32 Å². The van der Waals surface area contributed by atoms with Crippen molar-refractivity contribution in [3.63, 3.8) is 0 Å². The number of hydrogen-bond donors (Lipinski definition) is 1. The van der Waals surface area contributed by atoms with Gasteiger partial charge in [-0.1, -0.05) is 31.5 Å². The number of rotatable bonds is 6. The Hall–Kier alpha value is -1.39. The van der Waals surface area contributed by atoms with Gasteiger partial charge in [-0.2, -0.15) is 0 Å². The van der Waals surface area contributed by atoms with Crippen molar-refractivity contribution in [1.29, 1.82) is 0 Å². The minimum absolute atomic E-state index is 0.0303. The minimum atomic E-state index is -2.44. The Labute approximate surface area is 122 Å². The van der Waals surface area contributed by atoms with E-state index in [0.29, 0.717) is 12.3 Å². The zero-order valence-electron chi connectivity index (χ0n) is 11.3. The number of hydrogen-bond acceptors (Lipinski definition) is 4. The van der Waals surface area contributed by atoms with E-state index in [0.717, 1.165) is 0 Å². The molecule has 0 aliphatic rings. The Balaban J connectivity index is 2.97. The molecule has 0 heterocycles. The lowest BCUT2D eigenvalue weighted by Gasteiger charge is -2.15. The molecule has 1 aromatic carbocycles. The first-order valence-corrected chi connectivity index (χ1v) is 8.77. The zero-order chi connectivity index (χ0) is 15.3. The number of nitro groups is 1.